The molecule has 0 spiro atoms. The fourth-order valence-corrected chi connectivity index (χ4v) is 1.47. The van der Waals surface area contributed by atoms with Crippen molar-refractivity contribution in [3.05, 3.63) is 33.4 Å². The Hall–Kier alpha value is -2.05. The van der Waals surface area contributed by atoms with Gasteiger partial charge in [0.1, 0.15) is 5.75 Å². The lowest BCUT2D eigenvalue weighted by atomic mass is 10.0. The summed E-state index contributed by atoms with van der Waals surface area (Å²) in [6, 6.07) is 1.67. The highest BCUT2D eigenvalue weighted by Gasteiger charge is 2.24. The molecule has 0 atom stereocenters. The summed E-state index contributed by atoms with van der Waals surface area (Å²) in [5.41, 5.74) is -1.41. The predicted octanol–water partition coefficient (Wildman–Crippen LogP) is 3.13. The van der Waals surface area contributed by atoms with Crippen molar-refractivity contribution < 1.29 is 23.2 Å². The molecule has 1 aromatic rings. The fourth-order valence-electron chi connectivity index (χ4n) is 1.47. The van der Waals surface area contributed by atoms with E-state index in [9.17, 15) is 23.7 Å². The lowest BCUT2D eigenvalue weighted by Crippen LogP contribution is -2.06. The minimum Gasteiger partial charge on any atom is -0.493 e. The number of alkyl halides is 2. The van der Waals surface area contributed by atoms with Crippen LogP contribution in [0.1, 0.15) is 36.2 Å². The van der Waals surface area contributed by atoms with Gasteiger partial charge in [0.15, 0.2) is 5.78 Å². The van der Waals surface area contributed by atoms with E-state index in [1.165, 1.54) is 0 Å². The Kier molecular flexibility index (Phi) is 4.30. The number of nitrogens with zero attached hydrogens (tertiary/aromatic N) is 1. The van der Waals surface area contributed by atoms with Gasteiger partial charge in [-0.15, -0.1) is 0 Å². The number of hydrogen-bond acceptors (Lipinski definition) is 4. The summed E-state index contributed by atoms with van der Waals surface area (Å²) < 4.78 is 30.6. The number of Topliss-reactive ketones (excluding diaryl/α,β-unsaturated/α-hetero) is 1. The van der Waals surface area contributed by atoms with Crippen LogP contribution in [0.4, 0.5) is 14.5 Å². The smallest absolute Gasteiger partial charge is 0.270 e. The van der Waals surface area contributed by atoms with Crippen molar-refractivity contribution in [3.8, 4) is 5.75 Å². The van der Waals surface area contributed by atoms with Crippen LogP contribution in [0.3, 0.4) is 0 Å². The number of benzene rings is 1. The largest absolute Gasteiger partial charge is 0.493 e. The highest BCUT2D eigenvalue weighted by atomic mass is 19.3. The van der Waals surface area contributed by atoms with Crippen LogP contribution in [-0.4, -0.2) is 17.3 Å². The molecule has 0 N–H and O–H groups in total. The molecule has 0 amide bonds. The second-order valence-electron chi connectivity index (χ2n) is 3.46. The molecule has 0 saturated heterocycles. The molecule has 0 heterocycles. The summed E-state index contributed by atoms with van der Waals surface area (Å²) in [5, 5.41) is 10.6. The molecule has 0 unspecified atom stereocenters. The first-order chi connectivity index (χ1) is 8.38. The molecule has 1 aromatic carbocycles. The first-order valence-electron chi connectivity index (χ1n) is 5.12. The Morgan fingerprint density at radius 2 is 2.11 bits per heavy atom. The van der Waals surface area contributed by atoms with Gasteiger partial charge in [0.05, 0.1) is 22.7 Å². The second-order valence-corrected chi connectivity index (χ2v) is 3.46. The number of non-ortho nitro benzene ring substituents is 1. The van der Waals surface area contributed by atoms with Gasteiger partial charge in [-0.2, -0.15) is 0 Å². The lowest BCUT2D eigenvalue weighted by molar-refractivity contribution is -0.385. The molecule has 5 nitrogen and oxygen atoms in total. The molecule has 98 valence electrons. The van der Waals surface area contributed by atoms with Gasteiger partial charge in [-0.05, 0) is 13.8 Å². The minimum absolute atomic E-state index is 0.0812. The predicted molar refractivity (Wildman–Crippen MR) is 59.2 cm³/mol. The van der Waals surface area contributed by atoms with Gasteiger partial charge in [-0.1, -0.05) is 0 Å². The van der Waals surface area contributed by atoms with Crippen LogP contribution in [0, 0.1) is 10.1 Å². The van der Waals surface area contributed by atoms with E-state index in [4.69, 9.17) is 4.74 Å². The van der Waals surface area contributed by atoms with Crippen molar-refractivity contribution in [2.24, 2.45) is 0 Å². The summed E-state index contributed by atoms with van der Waals surface area (Å²) in [5.74, 6) is -0.852. The monoisotopic (exact) mass is 259 g/mol. The average Bonchev–Trinajstić information content (AvgIpc) is 2.28. The van der Waals surface area contributed by atoms with Crippen LogP contribution in [-0.2, 0) is 0 Å². The molecule has 0 bridgehead atoms. The quantitative estimate of drug-likeness (QED) is 0.462. The zero-order chi connectivity index (χ0) is 13.9. The number of ether oxygens (including phenoxy) is 1. The first-order valence-corrected chi connectivity index (χ1v) is 5.12. The van der Waals surface area contributed by atoms with E-state index < -0.39 is 28.4 Å². The number of nitro groups is 1. The number of rotatable bonds is 5. The van der Waals surface area contributed by atoms with Gasteiger partial charge in [-0.25, -0.2) is 8.78 Å². The van der Waals surface area contributed by atoms with Gasteiger partial charge >= 0.3 is 0 Å². The normalized spacial score (nSPS) is 10.5. The van der Waals surface area contributed by atoms with Crippen molar-refractivity contribution in [1.29, 1.82) is 0 Å². The molecule has 7 heteroatoms. The number of hydrogen-bond donors (Lipinski definition) is 0. The molecule has 0 aliphatic rings. The highest BCUT2D eigenvalue weighted by molar-refractivity contribution is 5.98. The van der Waals surface area contributed by atoms with Gasteiger partial charge in [0.25, 0.3) is 12.1 Å². The fraction of sp³-hybridized carbons (Fsp3) is 0.364. The molecular formula is C11H11F2NO4. The van der Waals surface area contributed by atoms with E-state index in [0.717, 1.165) is 19.1 Å². The Bertz CT molecular complexity index is 488. The van der Waals surface area contributed by atoms with E-state index in [-0.39, 0.29) is 17.9 Å². The summed E-state index contributed by atoms with van der Waals surface area (Å²) >= 11 is 0. The maximum atomic E-state index is 12.8. The standard InChI is InChI=1S/C11H11F2NO4/c1-3-18-10-8(6(2)15)4-7(14(16)17)5-9(10)11(12)13/h4-5,11H,3H2,1-2H3. The van der Waals surface area contributed by atoms with Crippen LogP contribution in [0.5, 0.6) is 5.75 Å². The summed E-state index contributed by atoms with van der Waals surface area (Å²) in [6.45, 7) is 2.79. The van der Waals surface area contributed by atoms with Crippen molar-refractivity contribution in [2.75, 3.05) is 6.61 Å². The Morgan fingerprint density at radius 3 is 2.50 bits per heavy atom. The molecule has 1 rings (SSSR count). The summed E-state index contributed by atoms with van der Waals surface area (Å²) in [4.78, 5) is 21.1. The molecule has 18 heavy (non-hydrogen) atoms. The number of halogens is 2. The number of carbonyl (C=O) groups is 1. The van der Waals surface area contributed by atoms with E-state index >= 15 is 0 Å². The second kappa shape index (κ2) is 5.52. The molecule has 0 saturated carbocycles. The van der Waals surface area contributed by atoms with Gasteiger partial charge < -0.3 is 4.74 Å². The zero-order valence-electron chi connectivity index (χ0n) is 9.78. The summed E-state index contributed by atoms with van der Waals surface area (Å²) in [6.07, 6.45) is -2.95. The molecule has 0 fully saturated rings. The number of ketones is 1. The number of nitro benzene ring substituents is 1. The number of carbonyl (C=O) groups excluding carboxylic acids is 1. The Balaban J connectivity index is 3.54. The topological polar surface area (TPSA) is 69.4 Å². The van der Waals surface area contributed by atoms with E-state index in [1.54, 1.807) is 6.92 Å². The third-order valence-electron chi connectivity index (χ3n) is 2.22. The molecule has 0 aliphatic heterocycles. The van der Waals surface area contributed by atoms with Crippen molar-refractivity contribution >= 4 is 11.5 Å². The lowest BCUT2D eigenvalue weighted by Gasteiger charge is -2.13. The first kappa shape index (κ1) is 14.0. The van der Waals surface area contributed by atoms with Gasteiger partial charge in [0.2, 0.25) is 0 Å². The minimum atomic E-state index is -2.95. The van der Waals surface area contributed by atoms with Crippen LogP contribution < -0.4 is 4.74 Å². The third kappa shape index (κ3) is 2.79. The Morgan fingerprint density at radius 1 is 1.50 bits per heavy atom. The van der Waals surface area contributed by atoms with Crippen LogP contribution >= 0.6 is 0 Å². The average molecular weight is 259 g/mol. The van der Waals surface area contributed by atoms with E-state index in [2.05, 4.69) is 0 Å². The SMILES string of the molecule is CCOc1c(C(C)=O)cc([N+](=O)[O-])cc1C(F)F. The molecule has 0 radical (unpaired) electrons. The van der Waals surface area contributed by atoms with Crippen molar-refractivity contribution in [1.82, 2.24) is 0 Å². The molecule has 0 aliphatic carbocycles. The zero-order valence-corrected chi connectivity index (χ0v) is 9.78. The van der Waals surface area contributed by atoms with Crippen molar-refractivity contribution in [3.63, 3.8) is 0 Å². The van der Waals surface area contributed by atoms with Crippen molar-refractivity contribution in [2.45, 2.75) is 20.3 Å². The Labute approximate surface area is 102 Å². The van der Waals surface area contributed by atoms with Gasteiger partial charge in [0, 0.05) is 12.1 Å². The van der Waals surface area contributed by atoms with E-state index in [0.29, 0.717) is 0 Å². The van der Waals surface area contributed by atoms with Crippen LogP contribution in [0.25, 0.3) is 0 Å². The maximum absolute atomic E-state index is 12.8. The highest BCUT2D eigenvalue weighted by Crippen LogP contribution is 2.36. The van der Waals surface area contributed by atoms with Crippen LogP contribution in [0.2, 0.25) is 0 Å². The van der Waals surface area contributed by atoms with E-state index in [1.807, 2.05) is 0 Å². The third-order valence-corrected chi connectivity index (χ3v) is 2.22. The van der Waals surface area contributed by atoms with Crippen LogP contribution in [0.15, 0.2) is 12.1 Å². The molecular weight excluding hydrogens is 248 g/mol. The summed E-state index contributed by atoms with van der Waals surface area (Å²) in [7, 11) is 0. The van der Waals surface area contributed by atoms with Gasteiger partial charge in [-0.3, -0.25) is 14.9 Å². The molecule has 0 aromatic heterocycles. The maximum Gasteiger partial charge on any atom is 0.270 e.